The fourth-order valence-corrected chi connectivity index (χ4v) is 7.46. The van der Waals surface area contributed by atoms with Crippen molar-refractivity contribution >= 4 is 92.8 Å². The van der Waals surface area contributed by atoms with E-state index < -0.39 is 19.5 Å². The lowest BCUT2D eigenvalue weighted by atomic mass is 9.84. The summed E-state index contributed by atoms with van der Waals surface area (Å²) in [7, 11) is 0. The minimum absolute atomic E-state index is 0.184. The van der Waals surface area contributed by atoms with Gasteiger partial charge in [-0.3, -0.25) is 0 Å². The average molecular weight is 410 g/mol. The number of rotatable bonds is 0. The van der Waals surface area contributed by atoms with E-state index in [1.54, 1.807) is 0 Å². The van der Waals surface area contributed by atoms with Crippen LogP contribution in [0.15, 0.2) is 10.1 Å². The molecule has 2 fully saturated rings. The average Bonchev–Trinajstić information content (AvgIpc) is 2.69. The molecular weight excluding hydrogens is 404 g/mol. The molecule has 2 saturated carbocycles. The summed E-state index contributed by atoms with van der Waals surface area (Å²) in [5.41, 5.74) is 0. The molecule has 0 radical (unpaired) electrons. The van der Waals surface area contributed by atoms with Gasteiger partial charge >= 0.3 is 0 Å². The van der Waals surface area contributed by atoms with Gasteiger partial charge in [-0.2, -0.15) is 0 Å². The Morgan fingerprint density at radius 2 is 1.39 bits per heavy atom. The highest BCUT2D eigenvalue weighted by Crippen LogP contribution is 2.79. The van der Waals surface area contributed by atoms with Crippen LogP contribution in [0.4, 0.5) is 0 Å². The van der Waals surface area contributed by atoms with Gasteiger partial charge in [0.1, 0.15) is 9.75 Å². The first-order valence-corrected chi connectivity index (χ1v) is 8.35. The summed E-state index contributed by atoms with van der Waals surface area (Å²) >= 11 is 51.0. The first-order chi connectivity index (χ1) is 8.11. The van der Waals surface area contributed by atoms with Crippen LogP contribution in [0.2, 0.25) is 0 Å². The zero-order chi connectivity index (χ0) is 13.7. The molecule has 0 aromatic carbocycles. The molecule has 2 unspecified atom stereocenters. The highest BCUT2D eigenvalue weighted by Gasteiger charge is 2.84. The van der Waals surface area contributed by atoms with Crippen LogP contribution in [0.3, 0.4) is 0 Å². The van der Waals surface area contributed by atoms with Crippen molar-refractivity contribution in [3.63, 3.8) is 0 Å². The Bertz CT molecular complexity index is 459. The number of allylic oxidation sites excluding steroid dienone is 2. The second-order valence-electron chi connectivity index (χ2n) is 4.95. The van der Waals surface area contributed by atoms with Gasteiger partial charge in [0.2, 0.25) is 0 Å². The molecule has 0 saturated heterocycles. The molecule has 0 nitrogen and oxygen atoms in total. The van der Waals surface area contributed by atoms with Crippen molar-refractivity contribution in [1.82, 2.24) is 0 Å². The minimum Gasteiger partial charge on any atom is -0.121 e. The zero-order valence-corrected chi connectivity index (χ0v) is 14.6. The topological polar surface area (TPSA) is 0 Å². The van der Waals surface area contributed by atoms with Crippen molar-refractivity contribution in [2.75, 3.05) is 0 Å². The predicted molar refractivity (Wildman–Crippen MR) is 81.2 cm³/mol. The van der Waals surface area contributed by atoms with Gasteiger partial charge in [0.25, 0.3) is 0 Å². The Morgan fingerprint density at radius 3 is 1.94 bits per heavy atom. The summed E-state index contributed by atoms with van der Waals surface area (Å²) in [6.45, 7) is 0. The second kappa shape index (κ2) is 4.07. The van der Waals surface area contributed by atoms with E-state index in [2.05, 4.69) is 0 Å². The Balaban J connectivity index is 2.26. The van der Waals surface area contributed by atoms with Crippen molar-refractivity contribution in [1.29, 1.82) is 0 Å². The minimum atomic E-state index is -1.50. The van der Waals surface area contributed by atoms with E-state index >= 15 is 0 Å². The van der Waals surface area contributed by atoms with Gasteiger partial charge in [0.05, 0.1) is 20.8 Å². The normalized spacial score (nSPS) is 57.3. The zero-order valence-electron chi connectivity index (χ0n) is 8.54. The smallest absolute Gasteiger partial charge is 0.121 e. The lowest BCUT2D eigenvalue weighted by Crippen LogP contribution is -2.47. The monoisotopic (exact) mass is 406 g/mol. The molecule has 3 rings (SSSR count). The van der Waals surface area contributed by atoms with E-state index in [9.17, 15) is 0 Å². The molecule has 18 heavy (non-hydrogen) atoms. The van der Waals surface area contributed by atoms with Crippen molar-refractivity contribution in [2.45, 2.75) is 31.3 Å². The highest BCUT2D eigenvalue weighted by atomic mass is 35.5. The predicted octanol–water partition coefficient (Wildman–Crippen LogP) is 5.68. The summed E-state index contributed by atoms with van der Waals surface area (Å²) in [5.74, 6) is -0.488. The number of alkyl halides is 6. The van der Waals surface area contributed by atoms with Crippen molar-refractivity contribution in [2.24, 2.45) is 11.8 Å². The fourth-order valence-electron chi connectivity index (χ4n) is 3.48. The van der Waals surface area contributed by atoms with Crippen LogP contribution in [0, 0.1) is 11.8 Å². The Kier molecular flexibility index (Phi) is 3.39. The van der Waals surface area contributed by atoms with Crippen LogP contribution in [0.1, 0.15) is 6.42 Å². The standard InChI is InChI=1S/C10H6Cl8/c11-3-1-2-4(5(3)12)9(16)7(14)6(13)8(2,15)10(9,17)18/h2-5H,1H2/t2-,3+,4-,5-,8?,9?/m1/s1. The fraction of sp³-hybridized carbons (Fsp3) is 0.800. The van der Waals surface area contributed by atoms with Gasteiger partial charge in [-0.15, -0.1) is 46.4 Å². The van der Waals surface area contributed by atoms with Crippen LogP contribution in [0.25, 0.3) is 0 Å². The molecule has 3 aliphatic rings. The van der Waals surface area contributed by atoms with Crippen LogP contribution in [-0.2, 0) is 0 Å². The molecular formula is C10H6Cl8. The maximum absolute atomic E-state index is 6.62. The van der Waals surface area contributed by atoms with Crippen molar-refractivity contribution in [3.05, 3.63) is 10.1 Å². The first kappa shape index (κ1) is 15.0. The molecule has 2 bridgehead atoms. The third kappa shape index (κ3) is 1.28. The molecule has 0 amide bonds. The highest BCUT2D eigenvalue weighted by molar-refractivity contribution is 6.66. The molecule has 0 N–H and O–H groups in total. The number of fused-ring (bicyclic) bond motifs is 5. The Hall–Kier alpha value is 2.06. The maximum Gasteiger partial charge on any atom is 0.166 e. The molecule has 6 atom stereocenters. The summed E-state index contributed by atoms with van der Waals surface area (Å²) < 4.78 is -1.50. The van der Waals surface area contributed by atoms with E-state index in [0.717, 1.165) is 0 Å². The third-order valence-corrected chi connectivity index (χ3v) is 9.79. The molecule has 0 aromatic heterocycles. The quantitative estimate of drug-likeness (QED) is 0.451. The molecule has 0 heterocycles. The van der Waals surface area contributed by atoms with Crippen LogP contribution in [0.5, 0.6) is 0 Å². The van der Waals surface area contributed by atoms with E-state index in [4.69, 9.17) is 92.8 Å². The van der Waals surface area contributed by atoms with Gasteiger partial charge < -0.3 is 0 Å². The second-order valence-corrected chi connectivity index (χ2v) is 9.29. The molecule has 8 heteroatoms. The molecule has 3 aliphatic carbocycles. The Labute approximate surface area is 145 Å². The lowest BCUT2D eigenvalue weighted by Gasteiger charge is -2.35. The maximum atomic E-state index is 6.62. The number of hydrogen-bond donors (Lipinski definition) is 0. The van der Waals surface area contributed by atoms with Crippen LogP contribution in [-0.4, -0.2) is 24.8 Å². The number of hydrogen-bond acceptors (Lipinski definition) is 0. The van der Waals surface area contributed by atoms with E-state index in [-0.39, 0.29) is 27.3 Å². The van der Waals surface area contributed by atoms with Gasteiger partial charge in [0.15, 0.2) is 4.33 Å². The van der Waals surface area contributed by atoms with Crippen molar-refractivity contribution in [3.8, 4) is 0 Å². The molecule has 0 spiro atoms. The largest absolute Gasteiger partial charge is 0.166 e. The van der Waals surface area contributed by atoms with Gasteiger partial charge in [-0.1, -0.05) is 46.4 Å². The van der Waals surface area contributed by atoms with Crippen LogP contribution < -0.4 is 0 Å². The van der Waals surface area contributed by atoms with E-state index in [1.807, 2.05) is 0 Å². The summed E-state index contributed by atoms with van der Waals surface area (Å²) in [6.07, 6.45) is 0.555. The molecule has 102 valence electrons. The van der Waals surface area contributed by atoms with Gasteiger partial charge in [0, 0.05) is 5.92 Å². The summed E-state index contributed by atoms with van der Waals surface area (Å²) in [5, 5.41) is -0.259. The Morgan fingerprint density at radius 1 is 0.889 bits per heavy atom. The molecule has 0 aliphatic heterocycles. The van der Waals surface area contributed by atoms with Crippen molar-refractivity contribution < 1.29 is 0 Å². The SMILES string of the molecule is ClC1=C(Cl)C2(Cl)[C@@H]3C[C@H](Cl)[C@@H](Cl)[C@@H]3C1(Cl)C2(Cl)Cl. The molecule has 0 aromatic rings. The van der Waals surface area contributed by atoms with Gasteiger partial charge in [-0.05, 0) is 12.3 Å². The van der Waals surface area contributed by atoms with E-state index in [1.165, 1.54) is 0 Å². The summed E-state index contributed by atoms with van der Waals surface area (Å²) in [6, 6.07) is 0. The third-order valence-electron chi connectivity index (χ3n) is 4.32. The first-order valence-electron chi connectivity index (χ1n) is 5.21. The van der Waals surface area contributed by atoms with Gasteiger partial charge in [-0.25, -0.2) is 0 Å². The number of halogens is 8. The van der Waals surface area contributed by atoms with E-state index in [0.29, 0.717) is 6.42 Å². The van der Waals surface area contributed by atoms with Crippen LogP contribution >= 0.6 is 92.8 Å². The lowest BCUT2D eigenvalue weighted by molar-refractivity contribution is 0.385. The summed E-state index contributed by atoms with van der Waals surface area (Å²) in [4.78, 5) is -2.50.